The number of nitrogens with zero attached hydrogens (tertiary/aromatic N) is 1. The third-order valence-corrected chi connectivity index (χ3v) is 3.89. The molecule has 98 valence electrons. The lowest BCUT2D eigenvalue weighted by molar-refractivity contribution is 0.742. The molecule has 2 heteroatoms. The molecule has 0 saturated carbocycles. The quantitative estimate of drug-likeness (QED) is 0.693. The molecule has 18 heavy (non-hydrogen) atoms. The first-order valence-electron chi connectivity index (χ1n) is 6.70. The Labute approximate surface area is 115 Å². The molecular formula is C16H23NS. The summed E-state index contributed by atoms with van der Waals surface area (Å²) < 4.78 is 0. The molecule has 1 aliphatic heterocycles. The van der Waals surface area contributed by atoms with Gasteiger partial charge in [0.2, 0.25) is 0 Å². The van der Waals surface area contributed by atoms with E-state index >= 15 is 0 Å². The molecule has 0 aromatic carbocycles. The number of thiophene rings is 1. The molecule has 1 atom stereocenters. The van der Waals surface area contributed by atoms with Crippen molar-refractivity contribution in [3.05, 3.63) is 33.0 Å². The lowest BCUT2D eigenvalue weighted by Gasteiger charge is -2.11. The average molecular weight is 261 g/mol. The van der Waals surface area contributed by atoms with Crippen LogP contribution >= 0.6 is 11.3 Å². The van der Waals surface area contributed by atoms with Crippen LogP contribution in [0.1, 0.15) is 55.5 Å². The van der Waals surface area contributed by atoms with Crippen molar-refractivity contribution in [2.45, 2.75) is 47.1 Å². The predicted molar refractivity (Wildman–Crippen MR) is 85.8 cm³/mol. The van der Waals surface area contributed by atoms with Crippen molar-refractivity contribution < 1.29 is 0 Å². The summed E-state index contributed by atoms with van der Waals surface area (Å²) in [6.45, 7) is 10.3. The van der Waals surface area contributed by atoms with Crippen molar-refractivity contribution in [2.75, 3.05) is 0 Å². The second kappa shape index (κ2) is 7.32. The van der Waals surface area contributed by atoms with E-state index in [-0.39, 0.29) is 0 Å². The highest BCUT2D eigenvalue weighted by molar-refractivity contribution is 7.13. The number of hydrogen-bond donors (Lipinski definition) is 0. The zero-order valence-corrected chi connectivity index (χ0v) is 12.8. The minimum Gasteiger partial charge on any atom is -0.289 e. The van der Waals surface area contributed by atoms with Crippen molar-refractivity contribution in [3.8, 4) is 0 Å². The Bertz CT molecular complexity index is 464. The smallest absolute Gasteiger partial charge is 0.0520 e. The summed E-state index contributed by atoms with van der Waals surface area (Å²) in [6, 6.07) is 0.433. The molecule has 2 heterocycles. The minimum absolute atomic E-state index is 0.433. The van der Waals surface area contributed by atoms with Crippen molar-refractivity contribution in [1.82, 2.24) is 0 Å². The minimum atomic E-state index is 0.433. The van der Waals surface area contributed by atoms with Crippen LogP contribution in [-0.4, -0.2) is 12.3 Å². The molecule has 1 unspecified atom stereocenters. The van der Waals surface area contributed by atoms with Gasteiger partial charge < -0.3 is 0 Å². The Morgan fingerprint density at radius 2 is 1.89 bits per heavy atom. The van der Waals surface area contributed by atoms with Crippen LogP contribution in [0.25, 0.3) is 12.2 Å². The normalized spacial score (nSPS) is 17.9. The molecule has 2 rings (SSSR count). The second-order valence-corrected chi connectivity index (χ2v) is 5.18. The van der Waals surface area contributed by atoms with Crippen LogP contribution in [0.15, 0.2) is 17.1 Å². The molecule has 0 N–H and O–H groups in total. The third-order valence-electron chi connectivity index (χ3n) is 2.68. The largest absolute Gasteiger partial charge is 0.289 e. The topological polar surface area (TPSA) is 12.4 Å². The molecule has 0 spiro atoms. The Morgan fingerprint density at radius 1 is 1.22 bits per heavy atom. The summed E-state index contributed by atoms with van der Waals surface area (Å²) in [6.07, 6.45) is 11.7. The van der Waals surface area contributed by atoms with Gasteiger partial charge in [0.15, 0.2) is 0 Å². The second-order valence-electron chi connectivity index (χ2n) is 4.05. The summed E-state index contributed by atoms with van der Waals surface area (Å²) >= 11 is 1.90. The van der Waals surface area contributed by atoms with Crippen LogP contribution in [0.2, 0.25) is 0 Å². The molecule has 0 radical (unpaired) electrons. The van der Waals surface area contributed by atoms with E-state index in [0.717, 1.165) is 6.42 Å². The van der Waals surface area contributed by atoms with E-state index in [2.05, 4.69) is 50.1 Å². The molecule has 1 aromatic rings. The number of aliphatic imine (C=N–C) groups is 1. The first-order chi connectivity index (χ1) is 8.76. The van der Waals surface area contributed by atoms with Crippen LogP contribution in [-0.2, 0) is 6.42 Å². The number of fused-ring (bicyclic) bond motifs is 1. The lowest BCUT2D eigenvalue weighted by Crippen LogP contribution is -2.09. The van der Waals surface area contributed by atoms with Gasteiger partial charge in [-0.3, -0.25) is 4.99 Å². The van der Waals surface area contributed by atoms with Gasteiger partial charge in [-0.05, 0) is 26.8 Å². The summed E-state index contributed by atoms with van der Waals surface area (Å²) in [5.41, 5.74) is 2.66. The van der Waals surface area contributed by atoms with Crippen molar-refractivity contribution in [1.29, 1.82) is 0 Å². The Balaban J connectivity index is 0.000000771. The summed E-state index contributed by atoms with van der Waals surface area (Å²) in [5.74, 6) is 0. The Morgan fingerprint density at radius 3 is 2.50 bits per heavy atom. The summed E-state index contributed by atoms with van der Waals surface area (Å²) in [7, 11) is 0. The van der Waals surface area contributed by atoms with E-state index in [4.69, 9.17) is 0 Å². The fraction of sp³-hybridized carbons (Fsp3) is 0.438. The SMILES string of the molecule is C/C=C\c1sc2c(c1/C=C\C)C=NC(C)C2.CC. The molecule has 1 aromatic heterocycles. The Kier molecular flexibility index (Phi) is 6.06. The maximum absolute atomic E-state index is 4.51. The highest BCUT2D eigenvalue weighted by Crippen LogP contribution is 2.33. The predicted octanol–water partition coefficient (Wildman–Crippen LogP) is 5.20. The molecule has 0 aliphatic carbocycles. The number of allylic oxidation sites excluding steroid dienone is 2. The van der Waals surface area contributed by atoms with Crippen LogP contribution in [0.5, 0.6) is 0 Å². The third kappa shape index (κ3) is 3.20. The van der Waals surface area contributed by atoms with E-state index in [1.807, 2.05) is 31.4 Å². The fourth-order valence-corrected chi connectivity index (χ4v) is 3.31. The van der Waals surface area contributed by atoms with Gasteiger partial charge in [0.25, 0.3) is 0 Å². The lowest BCUT2D eigenvalue weighted by atomic mass is 10.0. The van der Waals surface area contributed by atoms with Crippen LogP contribution in [0.4, 0.5) is 0 Å². The maximum Gasteiger partial charge on any atom is 0.0520 e. The molecule has 1 nitrogen and oxygen atoms in total. The van der Waals surface area contributed by atoms with Crippen LogP contribution in [0.3, 0.4) is 0 Å². The van der Waals surface area contributed by atoms with E-state index in [0.29, 0.717) is 6.04 Å². The van der Waals surface area contributed by atoms with Gasteiger partial charge in [0, 0.05) is 33.5 Å². The van der Waals surface area contributed by atoms with Gasteiger partial charge in [-0.15, -0.1) is 11.3 Å². The van der Waals surface area contributed by atoms with E-state index in [1.165, 1.54) is 20.9 Å². The monoisotopic (exact) mass is 261 g/mol. The maximum atomic E-state index is 4.51. The van der Waals surface area contributed by atoms with Gasteiger partial charge in [-0.2, -0.15) is 0 Å². The number of hydrogen-bond acceptors (Lipinski definition) is 2. The first-order valence-corrected chi connectivity index (χ1v) is 7.52. The van der Waals surface area contributed by atoms with Crippen molar-refractivity contribution in [3.63, 3.8) is 0 Å². The summed E-state index contributed by atoms with van der Waals surface area (Å²) in [5, 5.41) is 0. The highest BCUT2D eigenvalue weighted by Gasteiger charge is 2.18. The molecule has 0 amide bonds. The van der Waals surface area contributed by atoms with Crippen molar-refractivity contribution >= 4 is 29.7 Å². The zero-order valence-electron chi connectivity index (χ0n) is 12.0. The highest BCUT2D eigenvalue weighted by atomic mass is 32.1. The molecule has 1 aliphatic rings. The summed E-state index contributed by atoms with van der Waals surface area (Å²) in [4.78, 5) is 7.34. The zero-order chi connectivity index (χ0) is 13.5. The average Bonchev–Trinajstić information content (AvgIpc) is 2.70. The molecule has 0 fully saturated rings. The van der Waals surface area contributed by atoms with E-state index in [9.17, 15) is 0 Å². The van der Waals surface area contributed by atoms with E-state index in [1.54, 1.807) is 0 Å². The fourth-order valence-electron chi connectivity index (χ4n) is 1.96. The Hall–Kier alpha value is -1.15. The first kappa shape index (κ1) is 14.9. The van der Waals surface area contributed by atoms with Gasteiger partial charge >= 0.3 is 0 Å². The van der Waals surface area contributed by atoms with E-state index < -0.39 is 0 Å². The molecule has 0 saturated heterocycles. The van der Waals surface area contributed by atoms with Crippen molar-refractivity contribution in [2.24, 2.45) is 4.99 Å². The van der Waals surface area contributed by atoms with Crippen LogP contribution in [0, 0.1) is 0 Å². The van der Waals surface area contributed by atoms with Gasteiger partial charge in [-0.25, -0.2) is 0 Å². The van der Waals surface area contributed by atoms with Gasteiger partial charge in [-0.1, -0.05) is 32.1 Å². The molecule has 0 bridgehead atoms. The number of rotatable bonds is 2. The van der Waals surface area contributed by atoms with Crippen LogP contribution < -0.4 is 0 Å². The van der Waals surface area contributed by atoms with Gasteiger partial charge in [0.1, 0.15) is 0 Å². The van der Waals surface area contributed by atoms with Gasteiger partial charge in [0.05, 0.1) is 6.04 Å². The molecular weight excluding hydrogens is 238 g/mol. The standard InChI is InChI=1S/C14H17NS.C2H6/c1-4-6-11-12-9-15-10(3)8-14(12)16-13(11)7-5-2;1-2/h4-7,9-10H,8H2,1-3H3;1-2H3/b6-4-,7-5-;.